The summed E-state index contributed by atoms with van der Waals surface area (Å²) in [5, 5.41) is 12.6. The Labute approximate surface area is 166 Å². The molecular weight excluding hydrogens is 354 g/mol. The molecule has 4 rings (SSSR count). The molecule has 0 aliphatic carbocycles. The molecule has 3 heterocycles. The van der Waals surface area contributed by atoms with Crippen molar-refractivity contribution < 1.29 is 9.53 Å². The summed E-state index contributed by atoms with van der Waals surface area (Å²) >= 11 is 0. The first-order valence-corrected chi connectivity index (χ1v) is 10.0. The van der Waals surface area contributed by atoms with Gasteiger partial charge in [0.15, 0.2) is 5.82 Å². The molecule has 2 aliphatic heterocycles. The summed E-state index contributed by atoms with van der Waals surface area (Å²) in [5.74, 6) is 0.989. The SMILES string of the molecule is Cc1cccc(CN2C(=O)C3(CCOCC3)CC2c2nnnn2C(C)(C)C)c1. The van der Waals surface area contributed by atoms with Gasteiger partial charge in [0.2, 0.25) is 5.91 Å². The van der Waals surface area contributed by atoms with E-state index in [2.05, 4.69) is 61.4 Å². The zero-order valence-electron chi connectivity index (χ0n) is 17.2. The van der Waals surface area contributed by atoms with Gasteiger partial charge < -0.3 is 9.64 Å². The van der Waals surface area contributed by atoms with Crippen LogP contribution in [0.25, 0.3) is 0 Å². The van der Waals surface area contributed by atoms with E-state index in [0.29, 0.717) is 19.8 Å². The first-order chi connectivity index (χ1) is 13.3. The second kappa shape index (κ2) is 6.95. The van der Waals surface area contributed by atoms with E-state index in [0.717, 1.165) is 30.7 Å². The monoisotopic (exact) mass is 383 g/mol. The number of carbonyl (C=O) groups excluding carboxylic acids is 1. The van der Waals surface area contributed by atoms with Gasteiger partial charge in [-0.15, -0.1) is 5.10 Å². The Balaban J connectivity index is 1.73. The molecule has 1 spiro atoms. The summed E-state index contributed by atoms with van der Waals surface area (Å²) in [6.45, 7) is 10.2. The summed E-state index contributed by atoms with van der Waals surface area (Å²) in [5.41, 5.74) is 1.72. The molecule has 0 N–H and O–H groups in total. The van der Waals surface area contributed by atoms with Crippen LogP contribution in [0, 0.1) is 12.3 Å². The van der Waals surface area contributed by atoms with E-state index in [-0.39, 0.29) is 22.9 Å². The van der Waals surface area contributed by atoms with E-state index in [1.807, 2.05) is 15.6 Å². The van der Waals surface area contributed by atoms with Crippen molar-refractivity contribution in [1.29, 1.82) is 0 Å². The van der Waals surface area contributed by atoms with Crippen LogP contribution in [0.15, 0.2) is 24.3 Å². The highest BCUT2D eigenvalue weighted by molar-refractivity contribution is 5.85. The molecule has 2 aliphatic rings. The summed E-state index contributed by atoms with van der Waals surface area (Å²) in [6.07, 6.45) is 2.28. The van der Waals surface area contributed by atoms with Crippen LogP contribution in [0.5, 0.6) is 0 Å². The molecule has 0 radical (unpaired) electrons. The lowest BCUT2D eigenvalue weighted by atomic mass is 9.77. The van der Waals surface area contributed by atoms with E-state index in [4.69, 9.17) is 4.74 Å². The lowest BCUT2D eigenvalue weighted by molar-refractivity contribution is -0.141. The number of nitrogens with zero attached hydrogens (tertiary/aromatic N) is 5. The van der Waals surface area contributed by atoms with Crippen molar-refractivity contribution in [2.45, 2.75) is 65.1 Å². The van der Waals surface area contributed by atoms with E-state index in [1.54, 1.807) is 0 Å². The Morgan fingerprint density at radius 3 is 2.68 bits per heavy atom. The number of likely N-dealkylation sites (tertiary alicyclic amines) is 1. The normalized spacial score (nSPS) is 22.2. The molecule has 2 aromatic rings. The number of aromatic nitrogens is 4. The third-order valence-corrected chi connectivity index (χ3v) is 5.99. The van der Waals surface area contributed by atoms with Crippen molar-refractivity contribution >= 4 is 5.91 Å². The standard InChI is InChI=1S/C21H29N5O2/c1-15-6-5-7-16(12-15)14-25-17(18-22-23-24-26(18)20(2,3)4)13-21(19(25)27)8-10-28-11-9-21/h5-7,12,17H,8-11,13-14H2,1-4H3. The minimum atomic E-state index is -0.360. The number of aryl methyl sites for hydroxylation is 1. The third-order valence-electron chi connectivity index (χ3n) is 5.99. The molecule has 1 aromatic carbocycles. The Morgan fingerprint density at radius 2 is 2.00 bits per heavy atom. The maximum Gasteiger partial charge on any atom is 0.229 e. The van der Waals surface area contributed by atoms with Gasteiger partial charge in [0.05, 0.1) is 17.0 Å². The van der Waals surface area contributed by atoms with Crippen LogP contribution in [0.2, 0.25) is 0 Å². The Bertz CT molecular complexity index is 864. The summed E-state index contributed by atoms with van der Waals surface area (Å²) in [7, 11) is 0. The molecule has 28 heavy (non-hydrogen) atoms. The van der Waals surface area contributed by atoms with Crippen molar-refractivity contribution in [3.8, 4) is 0 Å². The Hall–Kier alpha value is -2.28. The lowest BCUT2D eigenvalue weighted by Crippen LogP contribution is -2.39. The molecule has 150 valence electrons. The fourth-order valence-electron chi connectivity index (χ4n) is 4.49. The summed E-state index contributed by atoms with van der Waals surface area (Å²) in [4.78, 5) is 15.6. The molecule has 0 bridgehead atoms. The van der Waals surface area contributed by atoms with Crippen LogP contribution < -0.4 is 0 Å². The number of ether oxygens (including phenoxy) is 1. The minimum absolute atomic E-state index is 0.125. The van der Waals surface area contributed by atoms with Crippen molar-refractivity contribution in [2.24, 2.45) is 5.41 Å². The second-order valence-electron chi connectivity index (χ2n) is 9.15. The predicted molar refractivity (Wildman–Crippen MR) is 104 cm³/mol. The van der Waals surface area contributed by atoms with Crippen LogP contribution in [0.3, 0.4) is 0 Å². The molecular formula is C21H29N5O2. The van der Waals surface area contributed by atoms with Gasteiger partial charge in [-0.2, -0.15) is 0 Å². The Morgan fingerprint density at radius 1 is 1.25 bits per heavy atom. The van der Waals surface area contributed by atoms with Gasteiger partial charge in [-0.1, -0.05) is 29.8 Å². The largest absolute Gasteiger partial charge is 0.381 e. The van der Waals surface area contributed by atoms with Crippen LogP contribution in [0.4, 0.5) is 0 Å². The highest BCUT2D eigenvalue weighted by Gasteiger charge is 2.54. The molecule has 1 atom stereocenters. The van der Waals surface area contributed by atoms with Crippen LogP contribution in [0.1, 0.15) is 63.0 Å². The fraction of sp³-hybridized carbons (Fsp3) is 0.619. The van der Waals surface area contributed by atoms with Gasteiger partial charge in [0.1, 0.15) is 0 Å². The first kappa shape index (κ1) is 19.1. The molecule has 2 fully saturated rings. The molecule has 1 aromatic heterocycles. The predicted octanol–water partition coefficient (Wildman–Crippen LogP) is 3.01. The van der Waals surface area contributed by atoms with E-state index >= 15 is 0 Å². The minimum Gasteiger partial charge on any atom is -0.381 e. The Kier molecular flexibility index (Phi) is 4.73. The highest BCUT2D eigenvalue weighted by Crippen LogP contribution is 2.50. The number of carbonyl (C=O) groups is 1. The number of rotatable bonds is 3. The molecule has 7 heteroatoms. The van der Waals surface area contributed by atoms with Gasteiger partial charge in [-0.05, 0) is 62.9 Å². The van der Waals surface area contributed by atoms with Crippen LogP contribution >= 0.6 is 0 Å². The van der Waals surface area contributed by atoms with Crippen molar-refractivity contribution in [3.63, 3.8) is 0 Å². The van der Waals surface area contributed by atoms with Crippen LogP contribution in [-0.4, -0.2) is 44.2 Å². The summed E-state index contributed by atoms with van der Waals surface area (Å²) < 4.78 is 7.43. The average molecular weight is 383 g/mol. The molecule has 2 saturated heterocycles. The molecule has 1 unspecified atom stereocenters. The second-order valence-corrected chi connectivity index (χ2v) is 9.15. The van der Waals surface area contributed by atoms with Gasteiger partial charge in [0.25, 0.3) is 0 Å². The van der Waals surface area contributed by atoms with Gasteiger partial charge >= 0.3 is 0 Å². The number of hydrogen-bond donors (Lipinski definition) is 0. The number of hydrogen-bond acceptors (Lipinski definition) is 5. The number of amides is 1. The molecule has 1 amide bonds. The zero-order chi connectivity index (χ0) is 19.9. The fourth-order valence-corrected chi connectivity index (χ4v) is 4.49. The maximum absolute atomic E-state index is 13.6. The highest BCUT2D eigenvalue weighted by atomic mass is 16.5. The quantitative estimate of drug-likeness (QED) is 0.815. The van der Waals surface area contributed by atoms with Gasteiger partial charge in [-0.25, -0.2) is 4.68 Å². The molecule has 0 saturated carbocycles. The van der Waals surface area contributed by atoms with E-state index in [1.165, 1.54) is 5.56 Å². The zero-order valence-corrected chi connectivity index (χ0v) is 17.2. The topological polar surface area (TPSA) is 73.1 Å². The van der Waals surface area contributed by atoms with Crippen molar-refractivity contribution in [2.75, 3.05) is 13.2 Å². The van der Waals surface area contributed by atoms with Gasteiger partial charge in [-0.3, -0.25) is 4.79 Å². The number of benzene rings is 1. The van der Waals surface area contributed by atoms with Gasteiger partial charge in [0, 0.05) is 19.8 Å². The maximum atomic E-state index is 13.6. The van der Waals surface area contributed by atoms with Crippen molar-refractivity contribution in [3.05, 3.63) is 41.2 Å². The first-order valence-electron chi connectivity index (χ1n) is 10.0. The van der Waals surface area contributed by atoms with Crippen molar-refractivity contribution in [1.82, 2.24) is 25.1 Å². The van der Waals surface area contributed by atoms with E-state index in [9.17, 15) is 4.79 Å². The smallest absolute Gasteiger partial charge is 0.229 e. The molecule has 7 nitrogen and oxygen atoms in total. The lowest BCUT2D eigenvalue weighted by Gasteiger charge is -2.31. The average Bonchev–Trinajstić information content (AvgIpc) is 3.22. The van der Waals surface area contributed by atoms with Crippen LogP contribution in [-0.2, 0) is 21.6 Å². The van der Waals surface area contributed by atoms with E-state index < -0.39 is 0 Å². The number of tetrazole rings is 1. The summed E-state index contributed by atoms with van der Waals surface area (Å²) in [6, 6.07) is 8.22. The third kappa shape index (κ3) is 3.32.